The normalized spacial score (nSPS) is 17.9. The van der Waals surface area contributed by atoms with E-state index in [9.17, 15) is 14.4 Å². The smallest absolute Gasteiger partial charge is 0.323 e. The minimum Gasteiger partial charge on any atom is -0.483 e. The first-order valence-corrected chi connectivity index (χ1v) is 11.0. The summed E-state index contributed by atoms with van der Waals surface area (Å²) >= 11 is 0. The molecule has 1 aromatic rings. The number of fused-ring (bicyclic) bond motifs is 1. The fraction of sp³-hybridized carbons (Fsp3) is 0.609. The van der Waals surface area contributed by atoms with Crippen LogP contribution in [-0.2, 0) is 38.4 Å². The number of rotatable bonds is 9. The third-order valence-electron chi connectivity index (χ3n) is 5.89. The molecule has 3 rings (SSSR count). The number of aliphatic carboxylic acids is 1. The molecule has 0 radical (unpaired) electrons. The number of carbonyl (C=O) groups is 4. The molecule has 8 nitrogen and oxygen atoms in total. The number of carboxylic acid groups (broad SMARTS) is 2. The Hall–Kier alpha value is -2.77. The van der Waals surface area contributed by atoms with Crippen molar-refractivity contribution < 1.29 is 29.4 Å². The minimum atomic E-state index is -1.01. The Balaban J connectivity index is 0.00000107. The van der Waals surface area contributed by atoms with Gasteiger partial charge >= 0.3 is 5.97 Å². The number of piperidine rings is 1. The molecule has 0 bridgehead atoms. The third kappa shape index (κ3) is 8.11. The van der Waals surface area contributed by atoms with Gasteiger partial charge < -0.3 is 15.1 Å². The average Bonchev–Trinajstić information content (AvgIpc) is 2.75. The topological polar surface area (TPSA) is 125 Å². The molecule has 1 atom stereocenters. The van der Waals surface area contributed by atoms with Crippen LogP contribution in [0.1, 0.15) is 68.3 Å². The van der Waals surface area contributed by atoms with Gasteiger partial charge in [0.15, 0.2) is 0 Å². The number of aromatic nitrogens is 1. The molecule has 2 aliphatic rings. The Morgan fingerprint density at radius 2 is 1.90 bits per heavy atom. The Kier molecular flexibility index (Phi) is 10.1. The predicted octanol–water partition coefficient (Wildman–Crippen LogP) is 2.66. The van der Waals surface area contributed by atoms with Crippen LogP contribution in [0.25, 0.3) is 0 Å². The first-order valence-electron chi connectivity index (χ1n) is 11.0. The second kappa shape index (κ2) is 12.8. The highest BCUT2D eigenvalue weighted by molar-refractivity contribution is 5.89. The maximum Gasteiger partial charge on any atom is 0.323 e. The van der Waals surface area contributed by atoms with Crippen molar-refractivity contribution in [2.24, 2.45) is 5.92 Å². The van der Waals surface area contributed by atoms with Gasteiger partial charge in [-0.25, -0.2) is 0 Å². The van der Waals surface area contributed by atoms with Crippen molar-refractivity contribution in [1.29, 1.82) is 0 Å². The summed E-state index contributed by atoms with van der Waals surface area (Å²) in [4.78, 5) is 49.6. The van der Waals surface area contributed by atoms with Crippen LogP contribution >= 0.6 is 0 Å². The third-order valence-corrected chi connectivity index (χ3v) is 5.89. The van der Waals surface area contributed by atoms with Crippen LogP contribution < -0.4 is 0 Å². The monoisotopic (exact) mass is 432 g/mol. The minimum absolute atomic E-state index is 0.148. The van der Waals surface area contributed by atoms with Gasteiger partial charge in [0.2, 0.25) is 5.91 Å². The Bertz CT molecular complexity index is 779. The van der Waals surface area contributed by atoms with Crippen molar-refractivity contribution in [3.8, 4) is 0 Å². The highest BCUT2D eigenvalue weighted by atomic mass is 16.4. The van der Waals surface area contributed by atoms with E-state index in [4.69, 9.17) is 20.0 Å². The van der Waals surface area contributed by atoms with E-state index in [1.165, 1.54) is 29.0 Å². The fourth-order valence-electron chi connectivity index (χ4n) is 4.24. The van der Waals surface area contributed by atoms with Gasteiger partial charge in [0.1, 0.15) is 12.3 Å². The van der Waals surface area contributed by atoms with Gasteiger partial charge in [0.25, 0.3) is 6.47 Å². The van der Waals surface area contributed by atoms with Crippen molar-refractivity contribution in [2.45, 2.75) is 70.6 Å². The van der Waals surface area contributed by atoms with Crippen LogP contribution in [0.15, 0.2) is 12.1 Å². The van der Waals surface area contributed by atoms with E-state index >= 15 is 0 Å². The van der Waals surface area contributed by atoms with E-state index in [1.54, 1.807) is 0 Å². The first-order chi connectivity index (χ1) is 14.9. The van der Waals surface area contributed by atoms with Gasteiger partial charge in [0, 0.05) is 36.7 Å². The van der Waals surface area contributed by atoms with Crippen LogP contribution in [0.2, 0.25) is 0 Å². The summed E-state index contributed by atoms with van der Waals surface area (Å²) in [6, 6.07) is 4.37. The quantitative estimate of drug-likeness (QED) is 0.454. The van der Waals surface area contributed by atoms with Crippen LogP contribution in [0.5, 0.6) is 0 Å². The maximum absolute atomic E-state index is 12.4. The zero-order chi connectivity index (χ0) is 22.6. The number of carboxylic acids is 1. The lowest BCUT2D eigenvalue weighted by molar-refractivity contribution is -0.147. The number of carbonyl (C=O) groups excluding carboxylic acids is 2. The van der Waals surface area contributed by atoms with Crippen molar-refractivity contribution in [2.75, 3.05) is 13.1 Å². The number of ketones is 1. The molecule has 1 aromatic heterocycles. The highest BCUT2D eigenvalue weighted by Gasteiger charge is 2.30. The second-order valence-electron chi connectivity index (χ2n) is 8.15. The number of aryl methyl sites for hydroxylation is 3. The molecule has 31 heavy (non-hydrogen) atoms. The molecular formula is C23H32N2O6. The summed E-state index contributed by atoms with van der Waals surface area (Å²) < 4.78 is 0. The summed E-state index contributed by atoms with van der Waals surface area (Å²) in [5.74, 6) is -1.31. The Labute approximate surface area is 182 Å². The molecule has 170 valence electrons. The fourth-order valence-corrected chi connectivity index (χ4v) is 4.24. The number of Topliss-reactive ketones (excluding diaryl/α,β-unsaturated/α-hetero) is 1. The first kappa shape index (κ1) is 24.5. The van der Waals surface area contributed by atoms with Crippen LogP contribution in [-0.4, -0.2) is 57.3 Å². The molecule has 2 N–H and O–H groups in total. The van der Waals surface area contributed by atoms with Gasteiger partial charge in [-0.2, -0.15) is 0 Å². The number of unbranched alkanes of at least 4 members (excludes halogenated alkanes) is 2. The zero-order valence-corrected chi connectivity index (χ0v) is 17.9. The molecular weight excluding hydrogens is 400 g/mol. The number of pyridine rings is 1. The molecule has 1 aliphatic carbocycles. The zero-order valence-electron chi connectivity index (χ0n) is 17.9. The number of hydrogen-bond acceptors (Lipinski definition) is 5. The van der Waals surface area contributed by atoms with Gasteiger partial charge in [-0.1, -0.05) is 12.5 Å². The van der Waals surface area contributed by atoms with E-state index in [0.29, 0.717) is 19.4 Å². The van der Waals surface area contributed by atoms with Crippen LogP contribution in [0, 0.1) is 5.92 Å². The Morgan fingerprint density at radius 3 is 2.61 bits per heavy atom. The predicted molar refractivity (Wildman–Crippen MR) is 114 cm³/mol. The van der Waals surface area contributed by atoms with Gasteiger partial charge in [-0.3, -0.25) is 24.2 Å². The molecule has 0 aromatic carbocycles. The summed E-state index contributed by atoms with van der Waals surface area (Å²) in [7, 11) is 0. The number of hydrogen-bond donors (Lipinski definition) is 2. The standard InChI is InChI=1S/C22H30N2O4.CH2O2/c25-20(17-12-13-24(15-22(27)28)21(26)14-17)9-3-1-2-7-18-11-10-16-6-4-5-8-19(16)23-18;2-1-3/h10-11,17H,1-9,12-15H2,(H,27,28);1H,(H,2,3). The van der Waals surface area contributed by atoms with E-state index < -0.39 is 5.97 Å². The molecule has 2 heterocycles. The summed E-state index contributed by atoms with van der Waals surface area (Å²) in [6.45, 7) is -0.151. The molecule has 1 saturated heterocycles. The molecule has 1 amide bonds. The number of likely N-dealkylation sites (tertiary alicyclic amines) is 1. The lowest BCUT2D eigenvalue weighted by Gasteiger charge is -2.29. The molecule has 1 aliphatic heterocycles. The largest absolute Gasteiger partial charge is 0.483 e. The molecule has 1 unspecified atom stereocenters. The summed E-state index contributed by atoms with van der Waals surface area (Å²) in [5.41, 5.74) is 3.84. The van der Waals surface area contributed by atoms with Crippen molar-refractivity contribution in [1.82, 2.24) is 9.88 Å². The lowest BCUT2D eigenvalue weighted by atomic mass is 9.89. The van der Waals surface area contributed by atoms with Crippen molar-refractivity contribution in [3.05, 3.63) is 29.1 Å². The number of amides is 1. The van der Waals surface area contributed by atoms with Gasteiger partial charge in [0.05, 0.1) is 0 Å². The van der Waals surface area contributed by atoms with Crippen molar-refractivity contribution >= 4 is 24.1 Å². The van der Waals surface area contributed by atoms with E-state index in [1.807, 2.05) is 0 Å². The lowest BCUT2D eigenvalue weighted by Crippen LogP contribution is -2.43. The van der Waals surface area contributed by atoms with Crippen LogP contribution in [0.3, 0.4) is 0 Å². The van der Waals surface area contributed by atoms with E-state index in [2.05, 4.69) is 12.1 Å². The summed E-state index contributed by atoms with van der Waals surface area (Å²) in [6.07, 6.45) is 9.81. The van der Waals surface area contributed by atoms with E-state index in [0.717, 1.165) is 44.2 Å². The van der Waals surface area contributed by atoms with Gasteiger partial charge in [-0.15, -0.1) is 0 Å². The van der Waals surface area contributed by atoms with Gasteiger partial charge in [-0.05, 0) is 63.0 Å². The van der Waals surface area contributed by atoms with E-state index in [-0.39, 0.29) is 37.0 Å². The van der Waals surface area contributed by atoms with Crippen molar-refractivity contribution in [3.63, 3.8) is 0 Å². The second-order valence-corrected chi connectivity index (χ2v) is 8.15. The molecule has 0 spiro atoms. The van der Waals surface area contributed by atoms with Crippen LogP contribution in [0.4, 0.5) is 0 Å². The summed E-state index contributed by atoms with van der Waals surface area (Å²) in [5, 5.41) is 15.7. The highest BCUT2D eigenvalue weighted by Crippen LogP contribution is 2.22. The molecule has 8 heteroatoms. The Morgan fingerprint density at radius 1 is 1.16 bits per heavy atom. The molecule has 0 saturated carbocycles. The molecule has 1 fully saturated rings. The number of nitrogens with zero attached hydrogens (tertiary/aromatic N) is 2. The SMILES string of the molecule is O=C(O)CN1CCC(C(=O)CCCCCc2ccc3c(n2)CCCC3)CC1=O.O=CO. The average molecular weight is 433 g/mol. The maximum atomic E-state index is 12.4.